The van der Waals surface area contributed by atoms with Crippen LogP contribution in [0.1, 0.15) is 26.3 Å². The molecule has 0 aliphatic carbocycles. The quantitative estimate of drug-likeness (QED) is 0.171. The number of aromatic nitrogens is 3. The average Bonchev–Trinajstić information content (AvgIpc) is 3.08. The van der Waals surface area contributed by atoms with Crippen molar-refractivity contribution >= 4 is 39.0 Å². The molecule has 0 aliphatic heterocycles. The zero-order chi connectivity index (χ0) is 24.4. The van der Waals surface area contributed by atoms with Crippen LogP contribution >= 0.6 is 11.6 Å². The summed E-state index contributed by atoms with van der Waals surface area (Å²) < 4.78 is 14.6. The Morgan fingerprint density at radius 2 is 1.67 bits per heavy atom. The van der Waals surface area contributed by atoms with Gasteiger partial charge < -0.3 is 13.7 Å². The Morgan fingerprint density at radius 1 is 1.00 bits per heavy atom. The number of ether oxygens (including phenoxy) is 1. The lowest BCUT2D eigenvalue weighted by Crippen LogP contribution is -2.40. The van der Waals surface area contributed by atoms with E-state index in [1.165, 1.54) is 11.9 Å². The van der Waals surface area contributed by atoms with Crippen molar-refractivity contribution in [3.05, 3.63) is 47.4 Å². The lowest BCUT2D eigenvalue weighted by atomic mass is 10.1. The first kappa shape index (κ1) is 26.1. The molecule has 0 atom stereocenters. The summed E-state index contributed by atoms with van der Waals surface area (Å²) in [6.07, 6.45) is 1.51. The monoisotopic (exact) mass is 503 g/mol. The van der Waals surface area contributed by atoms with E-state index in [1.54, 1.807) is 0 Å². The number of halogens is 1. The SMILES string of the molecule is CC(C)(C)[Si](C)(C)OCc1ccc(-c2cc3c(Cl)ncnc3n2COCC[Si](C)(C)C)cc1. The van der Waals surface area contributed by atoms with E-state index >= 15 is 0 Å². The van der Waals surface area contributed by atoms with Crippen molar-refractivity contribution in [2.24, 2.45) is 0 Å². The van der Waals surface area contributed by atoms with Crippen LogP contribution in [0.25, 0.3) is 22.3 Å². The standard InChI is InChI=1S/C25H38ClN3O2Si2/c1-25(2,3)33(7,8)31-16-19-9-11-20(12-10-19)22-15-21-23(26)27-17-28-24(21)29(22)18-30-13-14-32(4,5)6/h9-12,15,17H,13-14,16,18H2,1-8H3. The first-order valence-electron chi connectivity index (χ1n) is 11.6. The molecule has 2 heterocycles. The molecule has 0 bridgehead atoms. The van der Waals surface area contributed by atoms with Gasteiger partial charge in [0.25, 0.3) is 0 Å². The second-order valence-corrected chi connectivity index (χ2v) is 22.2. The predicted molar refractivity (Wildman–Crippen MR) is 144 cm³/mol. The molecular weight excluding hydrogens is 466 g/mol. The van der Waals surface area contributed by atoms with Gasteiger partial charge in [-0.25, -0.2) is 9.97 Å². The van der Waals surface area contributed by atoms with E-state index in [2.05, 4.69) is 98.4 Å². The van der Waals surface area contributed by atoms with E-state index in [9.17, 15) is 0 Å². The first-order valence-corrected chi connectivity index (χ1v) is 18.6. The maximum absolute atomic E-state index is 6.39. The van der Waals surface area contributed by atoms with Gasteiger partial charge in [-0.1, -0.05) is 76.3 Å². The van der Waals surface area contributed by atoms with E-state index in [4.69, 9.17) is 20.8 Å². The average molecular weight is 504 g/mol. The summed E-state index contributed by atoms with van der Waals surface area (Å²) in [4.78, 5) is 8.65. The van der Waals surface area contributed by atoms with Crippen LogP contribution in [0.15, 0.2) is 36.7 Å². The first-order chi connectivity index (χ1) is 15.3. The van der Waals surface area contributed by atoms with Gasteiger partial charge in [-0.15, -0.1) is 0 Å². The van der Waals surface area contributed by atoms with Gasteiger partial charge in [0.15, 0.2) is 8.32 Å². The van der Waals surface area contributed by atoms with Gasteiger partial charge in [0, 0.05) is 14.7 Å². The third kappa shape index (κ3) is 6.54. The molecule has 2 aromatic heterocycles. The summed E-state index contributed by atoms with van der Waals surface area (Å²) in [7, 11) is -2.93. The molecule has 5 nitrogen and oxygen atoms in total. The van der Waals surface area contributed by atoms with Crippen LogP contribution in [0.3, 0.4) is 0 Å². The van der Waals surface area contributed by atoms with Crippen molar-refractivity contribution < 1.29 is 9.16 Å². The largest absolute Gasteiger partial charge is 0.413 e. The summed E-state index contributed by atoms with van der Waals surface area (Å²) in [6.45, 7) is 20.3. The van der Waals surface area contributed by atoms with Crippen molar-refractivity contribution in [2.75, 3.05) is 6.61 Å². The fourth-order valence-corrected chi connectivity index (χ4v) is 5.09. The zero-order valence-electron chi connectivity index (χ0n) is 21.3. The van der Waals surface area contributed by atoms with Crippen LogP contribution in [-0.2, 0) is 22.5 Å². The smallest absolute Gasteiger partial charge is 0.192 e. The number of fused-ring (bicyclic) bond motifs is 1. The third-order valence-corrected chi connectivity index (χ3v) is 13.0. The summed E-state index contributed by atoms with van der Waals surface area (Å²) in [5.74, 6) is 0. The minimum atomic E-state index is -1.78. The molecule has 180 valence electrons. The Bertz CT molecular complexity index is 1080. The number of rotatable bonds is 9. The Morgan fingerprint density at radius 3 is 2.27 bits per heavy atom. The van der Waals surface area contributed by atoms with Crippen molar-refractivity contribution in [1.29, 1.82) is 0 Å². The molecular formula is C25H38ClN3O2Si2. The lowest BCUT2D eigenvalue weighted by Gasteiger charge is -2.36. The summed E-state index contributed by atoms with van der Waals surface area (Å²) in [6, 6.07) is 11.7. The lowest BCUT2D eigenvalue weighted by molar-refractivity contribution is 0.0909. The fraction of sp³-hybridized carbons (Fsp3) is 0.520. The molecule has 3 rings (SSSR count). The molecule has 0 N–H and O–H groups in total. The van der Waals surface area contributed by atoms with E-state index in [-0.39, 0.29) is 5.04 Å². The van der Waals surface area contributed by atoms with Gasteiger partial charge >= 0.3 is 0 Å². The van der Waals surface area contributed by atoms with Crippen LogP contribution < -0.4 is 0 Å². The van der Waals surface area contributed by atoms with E-state index in [0.717, 1.165) is 34.9 Å². The predicted octanol–water partition coefficient (Wildman–Crippen LogP) is 7.59. The van der Waals surface area contributed by atoms with Crippen molar-refractivity contribution in [2.45, 2.75) is 77.9 Å². The minimum Gasteiger partial charge on any atom is -0.413 e. The third-order valence-electron chi connectivity index (χ3n) is 6.51. The molecule has 1 aromatic carbocycles. The second-order valence-electron chi connectivity index (χ2n) is 11.5. The molecule has 0 amide bonds. The Kier molecular flexibility index (Phi) is 7.91. The van der Waals surface area contributed by atoms with Gasteiger partial charge in [0.2, 0.25) is 0 Å². The number of nitrogens with zero attached hydrogens (tertiary/aromatic N) is 3. The molecule has 8 heteroatoms. The van der Waals surface area contributed by atoms with Crippen LogP contribution in [0.4, 0.5) is 0 Å². The van der Waals surface area contributed by atoms with Crippen LogP contribution in [0.2, 0.25) is 49.0 Å². The highest BCUT2D eigenvalue weighted by atomic mass is 35.5. The summed E-state index contributed by atoms with van der Waals surface area (Å²) in [5.41, 5.74) is 4.09. The highest BCUT2D eigenvalue weighted by Gasteiger charge is 2.37. The Labute approximate surface area is 205 Å². The minimum absolute atomic E-state index is 0.198. The Balaban J connectivity index is 1.83. The zero-order valence-corrected chi connectivity index (χ0v) is 24.1. The maximum atomic E-state index is 6.39. The maximum Gasteiger partial charge on any atom is 0.192 e. The van der Waals surface area contributed by atoms with Crippen LogP contribution in [0, 0.1) is 0 Å². The topological polar surface area (TPSA) is 49.2 Å². The molecule has 0 saturated heterocycles. The van der Waals surface area contributed by atoms with Gasteiger partial charge in [-0.2, -0.15) is 0 Å². The highest BCUT2D eigenvalue weighted by molar-refractivity contribution is 6.76. The normalized spacial score (nSPS) is 13.1. The second kappa shape index (κ2) is 10.00. The van der Waals surface area contributed by atoms with E-state index < -0.39 is 16.4 Å². The van der Waals surface area contributed by atoms with Crippen molar-refractivity contribution in [1.82, 2.24) is 14.5 Å². The molecule has 0 unspecified atom stereocenters. The molecule has 0 fully saturated rings. The summed E-state index contributed by atoms with van der Waals surface area (Å²) in [5, 5.41) is 1.50. The van der Waals surface area contributed by atoms with Crippen LogP contribution in [0.5, 0.6) is 0 Å². The highest BCUT2D eigenvalue weighted by Crippen LogP contribution is 2.37. The number of hydrogen-bond acceptors (Lipinski definition) is 4. The Hall–Kier alpha value is -1.52. The molecule has 0 saturated carbocycles. The molecule has 33 heavy (non-hydrogen) atoms. The molecule has 0 spiro atoms. The molecule has 0 aliphatic rings. The van der Waals surface area contributed by atoms with E-state index in [1.807, 2.05) is 0 Å². The van der Waals surface area contributed by atoms with Gasteiger partial charge in [0.05, 0.1) is 17.7 Å². The summed E-state index contributed by atoms with van der Waals surface area (Å²) >= 11 is 6.38. The van der Waals surface area contributed by atoms with Gasteiger partial charge in [0.1, 0.15) is 23.9 Å². The number of benzene rings is 1. The molecule has 3 aromatic rings. The van der Waals surface area contributed by atoms with Crippen LogP contribution in [-0.4, -0.2) is 37.5 Å². The van der Waals surface area contributed by atoms with Gasteiger partial charge in [-0.3, -0.25) is 0 Å². The van der Waals surface area contributed by atoms with E-state index in [0.29, 0.717) is 18.5 Å². The number of hydrogen-bond donors (Lipinski definition) is 0. The van der Waals surface area contributed by atoms with Gasteiger partial charge in [-0.05, 0) is 41.4 Å². The molecule has 0 radical (unpaired) electrons. The van der Waals surface area contributed by atoms with Crippen molar-refractivity contribution in [3.8, 4) is 11.3 Å². The fourth-order valence-electron chi connectivity index (χ4n) is 3.19. The van der Waals surface area contributed by atoms with Crippen molar-refractivity contribution in [3.63, 3.8) is 0 Å².